The Morgan fingerprint density at radius 3 is 2.40 bits per heavy atom. The summed E-state index contributed by atoms with van der Waals surface area (Å²) in [6, 6.07) is 25.4. The zero-order valence-electron chi connectivity index (χ0n) is 18.4. The molecular weight excluding hydrogens is 368 g/mol. The average molecular weight is 399 g/mol. The van der Waals surface area contributed by atoms with Crippen LogP contribution in [0, 0.1) is 6.92 Å². The number of aryl methyl sites for hydroxylation is 2. The number of imidazole rings is 1. The van der Waals surface area contributed by atoms with Crippen LogP contribution in [0.25, 0.3) is 22.4 Å². The van der Waals surface area contributed by atoms with E-state index in [1.54, 1.807) is 0 Å². The van der Waals surface area contributed by atoms with Crippen LogP contribution in [0.4, 0.5) is 0 Å². The van der Waals surface area contributed by atoms with Gasteiger partial charge in [-0.05, 0) is 54.2 Å². The molecule has 4 aromatic rings. The molecule has 0 spiro atoms. The molecule has 0 saturated carbocycles. The Labute approximate surface area is 179 Å². The Hall–Kier alpha value is -3.07. The van der Waals surface area contributed by atoms with E-state index in [1.807, 2.05) is 18.2 Å². The number of aromatic nitrogens is 2. The van der Waals surface area contributed by atoms with Gasteiger partial charge in [0.1, 0.15) is 11.6 Å². The molecule has 0 aliphatic carbocycles. The van der Waals surface area contributed by atoms with Gasteiger partial charge in [-0.3, -0.25) is 0 Å². The van der Waals surface area contributed by atoms with Gasteiger partial charge in [0, 0.05) is 12.1 Å². The summed E-state index contributed by atoms with van der Waals surface area (Å²) in [6.45, 7) is 10.4. The van der Waals surface area contributed by atoms with E-state index in [4.69, 9.17) is 9.72 Å². The van der Waals surface area contributed by atoms with Crippen molar-refractivity contribution in [2.24, 2.45) is 0 Å². The van der Waals surface area contributed by atoms with Crippen LogP contribution in [0.3, 0.4) is 0 Å². The first kappa shape index (κ1) is 20.2. The molecule has 0 unspecified atom stereocenters. The predicted molar refractivity (Wildman–Crippen MR) is 125 cm³/mol. The smallest absolute Gasteiger partial charge is 0.141 e. The molecular formula is C27H30N2O. The van der Waals surface area contributed by atoms with Gasteiger partial charge in [-0.25, -0.2) is 4.98 Å². The average Bonchev–Trinajstić information content (AvgIpc) is 3.09. The zero-order valence-corrected chi connectivity index (χ0v) is 18.4. The molecule has 0 amide bonds. The summed E-state index contributed by atoms with van der Waals surface area (Å²) in [5.74, 6) is 1.95. The molecule has 0 radical (unpaired) electrons. The van der Waals surface area contributed by atoms with Crippen LogP contribution < -0.4 is 4.74 Å². The summed E-state index contributed by atoms with van der Waals surface area (Å²) in [5.41, 5.74) is 6.05. The second-order valence-corrected chi connectivity index (χ2v) is 8.92. The molecule has 0 atom stereocenters. The number of para-hydroxylation sites is 2. The largest absolute Gasteiger partial charge is 0.494 e. The van der Waals surface area contributed by atoms with Gasteiger partial charge in [0.2, 0.25) is 0 Å². The monoisotopic (exact) mass is 398 g/mol. The topological polar surface area (TPSA) is 27.1 Å². The molecule has 3 aromatic carbocycles. The molecule has 3 heteroatoms. The molecule has 0 saturated heterocycles. The Morgan fingerprint density at radius 1 is 0.900 bits per heavy atom. The van der Waals surface area contributed by atoms with Crippen molar-refractivity contribution in [3.8, 4) is 17.1 Å². The maximum absolute atomic E-state index is 5.96. The van der Waals surface area contributed by atoms with E-state index in [1.165, 1.54) is 16.6 Å². The quantitative estimate of drug-likeness (QED) is 0.335. The van der Waals surface area contributed by atoms with E-state index in [0.29, 0.717) is 6.61 Å². The lowest BCUT2D eigenvalue weighted by atomic mass is 9.87. The third-order valence-corrected chi connectivity index (χ3v) is 5.45. The van der Waals surface area contributed by atoms with Crippen LogP contribution in [0.15, 0.2) is 72.8 Å². The van der Waals surface area contributed by atoms with Gasteiger partial charge in [-0.2, -0.15) is 0 Å². The van der Waals surface area contributed by atoms with Crippen LogP contribution in [0.2, 0.25) is 0 Å². The molecule has 0 N–H and O–H groups in total. The highest BCUT2D eigenvalue weighted by Crippen LogP contribution is 2.28. The standard InChI is InChI=1S/C27H30N2O/c1-20-9-7-10-23(19-20)30-18-8-17-29-25-12-6-5-11-24(25)28-26(29)21-13-15-22(16-14-21)27(2,3)4/h5-7,9-16,19H,8,17-18H2,1-4H3. The first-order valence-corrected chi connectivity index (χ1v) is 10.7. The minimum Gasteiger partial charge on any atom is -0.494 e. The lowest BCUT2D eigenvalue weighted by Gasteiger charge is -2.19. The van der Waals surface area contributed by atoms with Crippen LogP contribution in [-0.2, 0) is 12.0 Å². The highest BCUT2D eigenvalue weighted by Gasteiger charge is 2.16. The van der Waals surface area contributed by atoms with Gasteiger partial charge >= 0.3 is 0 Å². The Bertz CT molecular complexity index is 1130. The number of hydrogen-bond acceptors (Lipinski definition) is 2. The Balaban J connectivity index is 1.56. The van der Waals surface area contributed by atoms with E-state index < -0.39 is 0 Å². The minimum atomic E-state index is 0.145. The summed E-state index contributed by atoms with van der Waals surface area (Å²) in [7, 11) is 0. The number of benzene rings is 3. The van der Waals surface area contributed by atoms with Crippen molar-refractivity contribution in [3.05, 3.63) is 83.9 Å². The SMILES string of the molecule is Cc1cccc(OCCCn2c(-c3ccc(C(C)(C)C)cc3)nc3ccccc32)c1. The normalized spacial score (nSPS) is 11.7. The molecule has 4 rings (SSSR count). The lowest BCUT2D eigenvalue weighted by molar-refractivity contribution is 0.302. The molecule has 3 nitrogen and oxygen atoms in total. The fraction of sp³-hybridized carbons (Fsp3) is 0.296. The second kappa shape index (κ2) is 8.35. The fourth-order valence-electron chi connectivity index (χ4n) is 3.76. The molecule has 30 heavy (non-hydrogen) atoms. The molecule has 0 aliphatic rings. The summed E-state index contributed by atoms with van der Waals surface area (Å²) >= 11 is 0. The number of hydrogen-bond donors (Lipinski definition) is 0. The second-order valence-electron chi connectivity index (χ2n) is 8.92. The third-order valence-electron chi connectivity index (χ3n) is 5.45. The van der Waals surface area contributed by atoms with Gasteiger partial charge in [-0.1, -0.05) is 69.3 Å². The van der Waals surface area contributed by atoms with Crippen molar-refractivity contribution >= 4 is 11.0 Å². The highest BCUT2D eigenvalue weighted by molar-refractivity contribution is 5.80. The Kier molecular flexibility index (Phi) is 5.63. The van der Waals surface area contributed by atoms with Crippen molar-refractivity contribution in [2.75, 3.05) is 6.61 Å². The predicted octanol–water partition coefficient (Wildman–Crippen LogP) is 6.78. The Morgan fingerprint density at radius 2 is 1.67 bits per heavy atom. The third kappa shape index (κ3) is 4.40. The van der Waals surface area contributed by atoms with E-state index in [2.05, 4.69) is 86.9 Å². The lowest BCUT2D eigenvalue weighted by Crippen LogP contribution is -2.10. The molecule has 0 bridgehead atoms. The van der Waals surface area contributed by atoms with Gasteiger partial charge in [-0.15, -0.1) is 0 Å². The van der Waals surface area contributed by atoms with Crippen molar-refractivity contribution in [2.45, 2.75) is 46.1 Å². The molecule has 0 aliphatic heterocycles. The number of rotatable bonds is 6. The number of nitrogens with zero attached hydrogens (tertiary/aromatic N) is 2. The van der Waals surface area contributed by atoms with Crippen molar-refractivity contribution < 1.29 is 4.74 Å². The summed E-state index contributed by atoms with van der Waals surface area (Å²) in [6.07, 6.45) is 0.918. The highest BCUT2D eigenvalue weighted by atomic mass is 16.5. The van der Waals surface area contributed by atoms with Crippen molar-refractivity contribution in [1.29, 1.82) is 0 Å². The molecule has 1 aromatic heterocycles. The molecule has 0 fully saturated rings. The van der Waals surface area contributed by atoms with Crippen LogP contribution in [0.5, 0.6) is 5.75 Å². The van der Waals surface area contributed by atoms with Gasteiger partial charge in [0.05, 0.1) is 17.6 Å². The maximum atomic E-state index is 5.96. The van der Waals surface area contributed by atoms with Crippen LogP contribution in [-0.4, -0.2) is 16.2 Å². The van der Waals surface area contributed by atoms with Crippen molar-refractivity contribution in [3.63, 3.8) is 0 Å². The minimum absolute atomic E-state index is 0.145. The molecule has 154 valence electrons. The van der Waals surface area contributed by atoms with Gasteiger partial charge in [0.15, 0.2) is 0 Å². The fourth-order valence-corrected chi connectivity index (χ4v) is 3.76. The van der Waals surface area contributed by atoms with Gasteiger partial charge < -0.3 is 9.30 Å². The summed E-state index contributed by atoms with van der Waals surface area (Å²) in [5, 5.41) is 0. The molecule has 1 heterocycles. The summed E-state index contributed by atoms with van der Waals surface area (Å²) < 4.78 is 8.28. The van der Waals surface area contributed by atoms with Crippen LogP contribution in [0.1, 0.15) is 38.3 Å². The number of fused-ring (bicyclic) bond motifs is 1. The first-order valence-electron chi connectivity index (χ1n) is 10.7. The van der Waals surface area contributed by atoms with Crippen molar-refractivity contribution in [1.82, 2.24) is 9.55 Å². The zero-order chi connectivity index (χ0) is 21.1. The van der Waals surface area contributed by atoms with Crippen LogP contribution >= 0.6 is 0 Å². The first-order chi connectivity index (χ1) is 14.4. The van der Waals surface area contributed by atoms with E-state index >= 15 is 0 Å². The van der Waals surface area contributed by atoms with E-state index in [9.17, 15) is 0 Å². The van der Waals surface area contributed by atoms with E-state index in [-0.39, 0.29) is 5.41 Å². The van der Waals surface area contributed by atoms with E-state index in [0.717, 1.165) is 35.6 Å². The van der Waals surface area contributed by atoms with Gasteiger partial charge in [0.25, 0.3) is 0 Å². The number of ether oxygens (including phenoxy) is 1. The summed E-state index contributed by atoms with van der Waals surface area (Å²) in [4.78, 5) is 4.95. The maximum Gasteiger partial charge on any atom is 0.141 e.